The molecule has 0 spiro atoms. The lowest BCUT2D eigenvalue weighted by Gasteiger charge is -2.38. The van der Waals surface area contributed by atoms with Crippen molar-refractivity contribution in [3.63, 3.8) is 0 Å². The number of carbonyl (C=O) groups excluding carboxylic acids is 1. The molecule has 0 N–H and O–H groups in total. The molecule has 0 aliphatic carbocycles. The number of aryl methyl sites for hydroxylation is 1. The zero-order valence-electron chi connectivity index (χ0n) is 9.26. The molecule has 0 bridgehead atoms. The van der Waals surface area contributed by atoms with Gasteiger partial charge in [0.2, 0.25) is 5.91 Å². The Morgan fingerprint density at radius 2 is 1.94 bits per heavy atom. The molecular weight excluding hydrogens is 353 g/mol. The number of benzene rings is 1. The fraction of sp³-hybridized carbons (Fsp3) is 0.364. The van der Waals surface area contributed by atoms with Crippen molar-refractivity contribution in [3.8, 4) is 0 Å². The fourth-order valence-corrected chi connectivity index (χ4v) is 4.30. The number of carbonyl (C=O) groups is 1. The normalized spacial score (nSPS) is 20.2. The smallest absolute Gasteiger partial charge is 0.266 e. The summed E-state index contributed by atoms with van der Waals surface area (Å²) in [6, 6.07) is 6.36. The van der Waals surface area contributed by atoms with E-state index in [4.69, 9.17) is 0 Å². The van der Waals surface area contributed by atoms with Gasteiger partial charge in [0.1, 0.15) is 0 Å². The Bertz CT molecular complexity index is 538. The average molecular weight is 365 g/mol. The van der Waals surface area contributed by atoms with Crippen LogP contribution >= 0.6 is 22.6 Å². The fourth-order valence-electron chi connectivity index (χ4n) is 1.74. The summed E-state index contributed by atoms with van der Waals surface area (Å²) in [5.74, 6) is -0.313. The van der Waals surface area contributed by atoms with Crippen LogP contribution in [0.4, 0.5) is 0 Å². The lowest BCUT2D eigenvalue weighted by Crippen LogP contribution is -2.56. The van der Waals surface area contributed by atoms with Gasteiger partial charge in [-0.3, -0.25) is 4.79 Å². The molecular formula is C11H12INO3S. The van der Waals surface area contributed by atoms with Crippen LogP contribution in [0.25, 0.3) is 0 Å². The van der Waals surface area contributed by atoms with Gasteiger partial charge >= 0.3 is 0 Å². The van der Waals surface area contributed by atoms with Crippen molar-refractivity contribution in [1.29, 1.82) is 0 Å². The van der Waals surface area contributed by atoms with Gasteiger partial charge < -0.3 is 0 Å². The highest BCUT2D eigenvalue weighted by Crippen LogP contribution is 2.29. The Hall–Kier alpha value is -0.630. The van der Waals surface area contributed by atoms with Gasteiger partial charge in [0.15, 0.2) is 0 Å². The zero-order chi connectivity index (χ0) is 12.6. The van der Waals surface area contributed by atoms with E-state index in [-0.39, 0.29) is 16.8 Å². The maximum Gasteiger partial charge on any atom is 0.266 e. The van der Waals surface area contributed by atoms with Crippen LogP contribution in [0, 0.1) is 6.92 Å². The van der Waals surface area contributed by atoms with Crippen molar-refractivity contribution in [2.24, 2.45) is 0 Å². The van der Waals surface area contributed by atoms with Crippen LogP contribution in [-0.2, 0) is 14.8 Å². The molecule has 1 amide bonds. The number of alkyl halides is 1. The van der Waals surface area contributed by atoms with Crippen molar-refractivity contribution in [2.75, 3.05) is 4.43 Å². The summed E-state index contributed by atoms with van der Waals surface area (Å²) in [6.07, 6.45) is 0.327. The number of amides is 1. The third-order valence-electron chi connectivity index (χ3n) is 2.74. The largest absolute Gasteiger partial charge is 0.274 e. The SMILES string of the molecule is Cc1ccc(S(=O)(=O)N2C(=O)C[C@H]2CI)cc1. The summed E-state index contributed by atoms with van der Waals surface area (Å²) in [4.78, 5) is 11.6. The molecule has 1 aromatic carbocycles. The first-order chi connectivity index (χ1) is 7.96. The Labute approximate surface area is 114 Å². The second kappa shape index (κ2) is 4.56. The molecule has 4 nitrogen and oxygen atoms in total. The van der Waals surface area contributed by atoms with E-state index in [1.54, 1.807) is 24.3 Å². The number of sulfonamides is 1. The number of nitrogens with zero attached hydrogens (tertiary/aromatic N) is 1. The molecule has 1 saturated heterocycles. The van der Waals surface area contributed by atoms with Crippen LogP contribution in [0.15, 0.2) is 29.2 Å². The van der Waals surface area contributed by atoms with E-state index in [0.717, 1.165) is 9.87 Å². The summed E-state index contributed by atoms with van der Waals surface area (Å²) in [5, 5.41) is 0. The second-order valence-corrected chi connectivity index (χ2v) is 6.72. The van der Waals surface area contributed by atoms with E-state index >= 15 is 0 Å². The Kier molecular flexibility index (Phi) is 3.44. The van der Waals surface area contributed by atoms with Gasteiger partial charge in [0.05, 0.1) is 17.4 Å². The molecule has 1 heterocycles. The molecule has 92 valence electrons. The third kappa shape index (κ3) is 2.20. The molecule has 1 aliphatic rings. The quantitative estimate of drug-likeness (QED) is 0.466. The summed E-state index contributed by atoms with van der Waals surface area (Å²) < 4.78 is 26.1. The first kappa shape index (κ1) is 12.8. The minimum absolute atomic E-state index is 0.186. The Morgan fingerprint density at radius 1 is 1.35 bits per heavy atom. The van der Waals surface area contributed by atoms with Gasteiger partial charge in [0.25, 0.3) is 10.0 Å². The van der Waals surface area contributed by atoms with E-state index in [9.17, 15) is 13.2 Å². The lowest BCUT2D eigenvalue weighted by atomic mass is 10.1. The maximum absolute atomic E-state index is 12.2. The number of halogens is 1. The summed E-state index contributed by atoms with van der Waals surface area (Å²) in [5.41, 5.74) is 0.990. The maximum atomic E-state index is 12.2. The first-order valence-corrected chi connectivity index (χ1v) is 8.13. The minimum atomic E-state index is -3.65. The van der Waals surface area contributed by atoms with Crippen LogP contribution in [0.5, 0.6) is 0 Å². The van der Waals surface area contributed by atoms with Crippen LogP contribution in [0.2, 0.25) is 0 Å². The van der Waals surface area contributed by atoms with E-state index < -0.39 is 10.0 Å². The van der Waals surface area contributed by atoms with E-state index in [1.807, 2.05) is 6.92 Å². The van der Waals surface area contributed by atoms with Crippen molar-refractivity contribution < 1.29 is 13.2 Å². The zero-order valence-corrected chi connectivity index (χ0v) is 12.2. The van der Waals surface area contributed by atoms with E-state index in [1.165, 1.54) is 0 Å². The van der Waals surface area contributed by atoms with Crippen molar-refractivity contribution in [3.05, 3.63) is 29.8 Å². The number of rotatable bonds is 3. The summed E-state index contributed by atoms with van der Waals surface area (Å²) in [7, 11) is -3.65. The van der Waals surface area contributed by atoms with Crippen LogP contribution in [-0.4, -0.2) is 29.1 Å². The molecule has 1 atom stereocenters. The van der Waals surface area contributed by atoms with Gasteiger partial charge in [-0.2, -0.15) is 0 Å². The van der Waals surface area contributed by atoms with Crippen LogP contribution in [0.3, 0.4) is 0 Å². The molecule has 2 rings (SSSR count). The topological polar surface area (TPSA) is 54.5 Å². The molecule has 0 aromatic heterocycles. The highest BCUT2D eigenvalue weighted by molar-refractivity contribution is 14.1. The Balaban J connectivity index is 2.36. The molecule has 1 fully saturated rings. The Morgan fingerprint density at radius 3 is 2.41 bits per heavy atom. The predicted octanol–water partition coefficient (Wildman–Crippen LogP) is 1.72. The summed E-state index contributed by atoms with van der Waals surface area (Å²) in [6.45, 7) is 1.89. The van der Waals surface area contributed by atoms with E-state index in [2.05, 4.69) is 22.6 Å². The predicted molar refractivity (Wildman–Crippen MR) is 72.5 cm³/mol. The van der Waals surface area contributed by atoms with Crippen molar-refractivity contribution >= 4 is 38.5 Å². The van der Waals surface area contributed by atoms with Gasteiger partial charge in [-0.1, -0.05) is 40.3 Å². The molecule has 0 unspecified atom stereocenters. The van der Waals surface area contributed by atoms with Gasteiger partial charge in [0, 0.05) is 4.43 Å². The molecule has 6 heteroatoms. The molecule has 1 aromatic rings. The number of hydrogen-bond donors (Lipinski definition) is 0. The standard InChI is InChI=1S/C11H12INO3S/c1-8-2-4-10(5-3-8)17(15,16)13-9(7-12)6-11(13)14/h2-5,9H,6-7H2,1H3/t9-/m0/s1. The molecule has 1 aliphatic heterocycles. The second-order valence-electron chi connectivity index (χ2n) is 4.02. The van der Waals surface area contributed by atoms with Gasteiger partial charge in [-0.15, -0.1) is 0 Å². The summed E-state index contributed by atoms with van der Waals surface area (Å²) >= 11 is 2.10. The molecule has 17 heavy (non-hydrogen) atoms. The van der Waals surface area contributed by atoms with Crippen LogP contribution < -0.4 is 0 Å². The number of β-lactam (4-membered cyclic amide) rings is 1. The van der Waals surface area contributed by atoms with Crippen LogP contribution in [0.1, 0.15) is 12.0 Å². The highest BCUT2D eigenvalue weighted by Gasteiger charge is 2.44. The first-order valence-electron chi connectivity index (χ1n) is 5.16. The molecule has 0 saturated carbocycles. The highest BCUT2D eigenvalue weighted by atomic mass is 127. The average Bonchev–Trinajstić information content (AvgIpc) is 2.25. The lowest BCUT2D eigenvalue weighted by molar-refractivity contribution is -0.136. The van der Waals surface area contributed by atoms with E-state index in [0.29, 0.717) is 10.8 Å². The van der Waals surface area contributed by atoms with Gasteiger partial charge in [-0.05, 0) is 19.1 Å². The monoisotopic (exact) mass is 365 g/mol. The number of hydrogen-bond acceptors (Lipinski definition) is 3. The molecule has 0 radical (unpaired) electrons. The van der Waals surface area contributed by atoms with Crippen molar-refractivity contribution in [1.82, 2.24) is 4.31 Å². The van der Waals surface area contributed by atoms with Crippen molar-refractivity contribution in [2.45, 2.75) is 24.3 Å². The van der Waals surface area contributed by atoms with Gasteiger partial charge in [-0.25, -0.2) is 12.7 Å². The third-order valence-corrected chi connectivity index (χ3v) is 5.65. The minimum Gasteiger partial charge on any atom is -0.274 e.